The van der Waals surface area contributed by atoms with Gasteiger partial charge in [0.05, 0.1) is 22.9 Å². The van der Waals surface area contributed by atoms with Crippen LogP contribution in [0.4, 0.5) is 11.8 Å². The molecule has 0 bridgehead atoms. The van der Waals surface area contributed by atoms with E-state index < -0.39 is 0 Å². The average Bonchev–Trinajstić information content (AvgIpc) is 2.58. The number of nitrogens with two attached hydrogens (primary N) is 1. The molecule has 1 aromatic carbocycles. The van der Waals surface area contributed by atoms with Crippen molar-refractivity contribution in [1.29, 1.82) is 0 Å². The van der Waals surface area contributed by atoms with Crippen molar-refractivity contribution in [2.24, 2.45) is 0 Å². The van der Waals surface area contributed by atoms with Crippen LogP contribution in [0.25, 0.3) is 0 Å². The number of hydrogen-bond donors (Lipinski definition) is 3. The predicted molar refractivity (Wildman–Crippen MR) is 95.8 cm³/mol. The highest BCUT2D eigenvalue weighted by molar-refractivity contribution is 6.31. The van der Waals surface area contributed by atoms with Gasteiger partial charge in [-0.15, -0.1) is 0 Å². The second-order valence-electron chi connectivity index (χ2n) is 5.87. The number of benzene rings is 1. The number of aliphatic hydroxyl groups excluding tert-OH is 1. The highest BCUT2D eigenvalue weighted by Crippen LogP contribution is 2.23. The van der Waals surface area contributed by atoms with Crippen LogP contribution in [0.3, 0.4) is 0 Å². The summed E-state index contributed by atoms with van der Waals surface area (Å²) in [6, 6.07) is 7.68. The van der Waals surface area contributed by atoms with Crippen LogP contribution in [0.2, 0.25) is 5.02 Å². The van der Waals surface area contributed by atoms with Crippen LogP contribution in [0.5, 0.6) is 0 Å². The summed E-state index contributed by atoms with van der Waals surface area (Å²) < 4.78 is 0. The summed E-state index contributed by atoms with van der Waals surface area (Å²) >= 11 is 6.13. The van der Waals surface area contributed by atoms with Crippen molar-refractivity contribution in [3.8, 4) is 11.8 Å². The highest BCUT2D eigenvalue weighted by Gasteiger charge is 2.20. The zero-order chi connectivity index (χ0) is 16.9. The smallest absolute Gasteiger partial charge is 0.222 e. The van der Waals surface area contributed by atoms with Gasteiger partial charge >= 0.3 is 0 Å². The first kappa shape index (κ1) is 16.6. The normalized spacial score (nSPS) is 20.1. The van der Waals surface area contributed by atoms with Gasteiger partial charge in [-0.1, -0.05) is 35.6 Å². The van der Waals surface area contributed by atoms with Crippen molar-refractivity contribution in [1.82, 2.24) is 9.97 Å². The maximum absolute atomic E-state index is 9.62. The lowest BCUT2D eigenvalue weighted by atomic mass is 9.93. The molecule has 1 aliphatic carbocycles. The fourth-order valence-electron chi connectivity index (χ4n) is 2.71. The Hall–Kier alpha value is -2.29. The third kappa shape index (κ3) is 4.16. The monoisotopic (exact) mass is 342 g/mol. The zero-order valence-corrected chi connectivity index (χ0v) is 13.9. The maximum Gasteiger partial charge on any atom is 0.222 e. The Labute approximate surface area is 146 Å². The van der Waals surface area contributed by atoms with E-state index in [4.69, 9.17) is 17.3 Å². The Balaban J connectivity index is 1.83. The number of hydrogen-bond acceptors (Lipinski definition) is 5. The number of nitrogen functional groups attached to an aromatic ring is 1. The van der Waals surface area contributed by atoms with E-state index in [1.807, 2.05) is 18.2 Å². The fraction of sp³-hybridized carbons (Fsp3) is 0.333. The van der Waals surface area contributed by atoms with Crippen LogP contribution >= 0.6 is 11.6 Å². The maximum atomic E-state index is 9.62. The van der Waals surface area contributed by atoms with Crippen molar-refractivity contribution >= 4 is 23.4 Å². The minimum Gasteiger partial charge on any atom is -0.393 e. The largest absolute Gasteiger partial charge is 0.393 e. The molecular formula is C18H19ClN4O. The average molecular weight is 343 g/mol. The third-order valence-electron chi connectivity index (χ3n) is 4.05. The number of aliphatic hydroxyl groups is 1. The Kier molecular flexibility index (Phi) is 5.19. The second kappa shape index (κ2) is 7.52. The van der Waals surface area contributed by atoms with E-state index in [0.29, 0.717) is 16.4 Å². The summed E-state index contributed by atoms with van der Waals surface area (Å²) in [5.41, 5.74) is 7.14. The fourth-order valence-corrected chi connectivity index (χ4v) is 2.89. The van der Waals surface area contributed by atoms with E-state index in [2.05, 4.69) is 27.1 Å². The van der Waals surface area contributed by atoms with Gasteiger partial charge < -0.3 is 16.2 Å². The van der Waals surface area contributed by atoms with Crippen LogP contribution in [0.1, 0.15) is 36.8 Å². The molecule has 1 heterocycles. The summed E-state index contributed by atoms with van der Waals surface area (Å²) in [5, 5.41) is 13.6. The molecular weight excluding hydrogens is 324 g/mol. The summed E-state index contributed by atoms with van der Waals surface area (Å²) in [6.07, 6.45) is 4.78. The van der Waals surface area contributed by atoms with Crippen LogP contribution < -0.4 is 11.1 Å². The quantitative estimate of drug-likeness (QED) is 0.731. The standard InChI is InChI=1S/C18H19ClN4O/c19-16-4-2-1-3-12(16)5-6-13-11-21-18(20)23-17(13)22-14-7-9-15(24)10-8-14/h1-4,11,14-15,24H,7-10H2,(H3,20,21,22,23)/t14-,15-. The number of nitrogens with one attached hydrogen (secondary N) is 1. The molecule has 6 heteroatoms. The predicted octanol–water partition coefficient (Wildman–Crippen LogP) is 2.83. The Morgan fingerprint density at radius 1 is 1.12 bits per heavy atom. The molecule has 124 valence electrons. The summed E-state index contributed by atoms with van der Waals surface area (Å²) in [6.45, 7) is 0. The molecule has 24 heavy (non-hydrogen) atoms. The van der Waals surface area contributed by atoms with Gasteiger partial charge in [-0.25, -0.2) is 4.98 Å². The first-order valence-corrected chi connectivity index (χ1v) is 8.33. The lowest BCUT2D eigenvalue weighted by Crippen LogP contribution is -2.29. The number of anilines is 2. The molecule has 1 aromatic heterocycles. The molecule has 1 aliphatic rings. The van der Waals surface area contributed by atoms with Crippen molar-refractivity contribution in [2.75, 3.05) is 11.1 Å². The summed E-state index contributed by atoms with van der Waals surface area (Å²) in [7, 11) is 0. The van der Waals surface area contributed by atoms with Gasteiger partial charge in [0, 0.05) is 11.6 Å². The van der Waals surface area contributed by atoms with Crippen LogP contribution in [0, 0.1) is 11.8 Å². The van der Waals surface area contributed by atoms with E-state index in [1.165, 1.54) is 0 Å². The van der Waals surface area contributed by atoms with Gasteiger partial charge in [-0.05, 0) is 37.8 Å². The highest BCUT2D eigenvalue weighted by atomic mass is 35.5. The van der Waals surface area contributed by atoms with Crippen LogP contribution in [0.15, 0.2) is 30.5 Å². The van der Waals surface area contributed by atoms with Crippen molar-refractivity contribution in [3.63, 3.8) is 0 Å². The van der Waals surface area contributed by atoms with E-state index >= 15 is 0 Å². The Morgan fingerprint density at radius 3 is 2.58 bits per heavy atom. The SMILES string of the molecule is Nc1ncc(C#Cc2ccccc2Cl)c(N[C@H]2CC[C@H](O)CC2)n1. The summed E-state index contributed by atoms with van der Waals surface area (Å²) in [4.78, 5) is 8.31. The molecule has 0 spiro atoms. The van der Waals surface area contributed by atoms with Crippen LogP contribution in [-0.2, 0) is 0 Å². The van der Waals surface area contributed by atoms with E-state index in [1.54, 1.807) is 12.3 Å². The first-order chi connectivity index (χ1) is 11.6. The van der Waals surface area contributed by atoms with Gasteiger partial charge in [0.2, 0.25) is 5.95 Å². The van der Waals surface area contributed by atoms with Gasteiger partial charge in [-0.2, -0.15) is 4.98 Å². The molecule has 0 saturated heterocycles. The second-order valence-corrected chi connectivity index (χ2v) is 6.28. The Bertz CT molecular complexity index is 776. The number of aromatic nitrogens is 2. The minimum absolute atomic E-state index is 0.196. The van der Waals surface area contributed by atoms with Gasteiger partial charge in [0.25, 0.3) is 0 Å². The van der Waals surface area contributed by atoms with Crippen LogP contribution in [-0.4, -0.2) is 27.2 Å². The number of rotatable bonds is 2. The topological polar surface area (TPSA) is 84.1 Å². The molecule has 1 fully saturated rings. The lowest BCUT2D eigenvalue weighted by molar-refractivity contribution is 0.126. The number of halogens is 1. The van der Waals surface area contributed by atoms with Crippen molar-refractivity contribution in [3.05, 3.63) is 46.6 Å². The van der Waals surface area contributed by atoms with E-state index in [-0.39, 0.29) is 18.1 Å². The molecule has 1 saturated carbocycles. The first-order valence-electron chi connectivity index (χ1n) is 7.95. The van der Waals surface area contributed by atoms with Gasteiger partial charge in [0.15, 0.2) is 0 Å². The van der Waals surface area contributed by atoms with E-state index in [0.717, 1.165) is 31.2 Å². The third-order valence-corrected chi connectivity index (χ3v) is 4.38. The molecule has 4 N–H and O–H groups in total. The van der Waals surface area contributed by atoms with E-state index in [9.17, 15) is 5.11 Å². The Morgan fingerprint density at radius 2 is 1.83 bits per heavy atom. The molecule has 0 atom stereocenters. The van der Waals surface area contributed by atoms with Gasteiger partial charge in [-0.3, -0.25) is 0 Å². The number of nitrogens with zero attached hydrogens (tertiary/aromatic N) is 2. The molecule has 3 rings (SSSR count). The van der Waals surface area contributed by atoms with Gasteiger partial charge in [0.1, 0.15) is 5.82 Å². The molecule has 0 aliphatic heterocycles. The zero-order valence-electron chi connectivity index (χ0n) is 13.2. The minimum atomic E-state index is -0.196. The molecule has 5 nitrogen and oxygen atoms in total. The molecule has 0 radical (unpaired) electrons. The summed E-state index contributed by atoms with van der Waals surface area (Å²) in [5.74, 6) is 6.95. The van der Waals surface area contributed by atoms with Crippen molar-refractivity contribution < 1.29 is 5.11 Å². The lowest BCUT2D eigenvalue weighted by Gasteiger charge is -2.26. The molecule has 0 unspecified atom stereocenters. The van der Waals surface area contributed by atoms with Crippen molar-refractivity contribution in [2.45, 2.75) is 37.8 Å². The molecule has 2 aromatic rings. The molecule has 0 amide bonds.